The highest BCUT2D eigenvalue weighted by Crippen LogP contribution is 2.12. The van der Waals surface area contributed by atoms with Crippen molar-refractivity contribution in [3.8, 4) is 0 Å². The van der Waals surface area contributed by atoms with Gasteiger partial charge in [0.2, 0.25) is 0 Å². The van der Waals surface area contributed by atoms with E-state index in [9.17, 15) is 4.79 Å². The molecule has 2 unspecified atom stereocenters. The van der Waals surface area contributed by atoms with Crippen LogP contribution in [0.3, 0.4) is 0 Å². The van der Waals surface area contributed by atoms with E-state index in [-0.39, 0.29) is 18.0 Å². The first-order chi connectivity index (χ1) is 5.29. The van der Waals surface area contributed by atoms with Crippen molar-refractivity contribution in [1.82, 2.24) is 5.32 Å². The lowest BCUT2D eigenvalue weighted by molar-refractivity contribution is -0.148. The van der Waals surface area contributed by atoms with Crippen LogP contribution in [0.2, 0.25) is 0 Å². The van der Waals surface area contributed by atoms with Gasteiger partial charge < -0.3 is 14.8 Å². The van der Waals surface area contributed by atoms with Gasteiger partial charge in [0.25, 0.3) is 0 Å². The monoisotopic (exact) mass is 159 g/mol. The average molecular weight is 159 g/mol. The fraction of sp³-hybridized carbons (Fsp3) is 0.857. The zero-order valence-electron chi connectivity index (χ0n) is 6.79. The second kappa shape index (κ2) is 3.69. The van der Waals surface area contributed by atoms with Crippen molar-refractivity contribution in [2.45, 2.75) is 6.10 Å². The highest BCUT2D eigenvalue weighted by atomic mass is 16.5. The standard InChI is InChI=1S/C7H13NO3/c1-10-6-4-8-3-5(6)7(9)11-2/h5-6,8H,3-4H2,1-2H3. The van der Waals surface area contributed by atoms with Gasteiger partial charge in [-0.05, 0) is 0 Å². The Hall–Kier alpha value is -0.610. The zero-order valence-corrected chi connectivity index (χ0v) is 6.79. The topological polar surface area (TPSA) is 47.6 Å². The molecule has 1 aliphatic heterocycles. The van der Waals surface area contributed by atoms with E-state index in [1.54, 1.807) is 7.11 Å². The van der Waals surface area contributed by atoms with Crippen LogP contribution < -0.4 is 5.32 Å². The Morgan fingerprint density at radius 2 is 2.18 bits per heavy atom. The number of rotatable bonds is 2. The molecule has 0 aliphatic carbocycles. The lowest BCUT2D eigenvalue weighted by Crippen LogP contribution is -2.29. The summed E-state index contributed by atoms with van der Waals surface area (Å²) in [5.74, 6) is -0.327. The molecule has 4 nitrogen and oxygen atoms in total. The summed E-state index contributed by atoms with van der Waals surface area (Å²) in [7, 11) is 3.00. The van der Waals surface area contributed by atoms with Gasteiger partial charge in [-0.2, -0.15) is 0 Å². The molecule has 0 aromatic carbocycles. The van der Waals surface area contributed by atoms with Gasteiger partial charge in [-0.15, -0.1) is 0 Å². The molecule has 11 heavy (non-hydrogen) atoms. The molecule has 0 spiro atoms. The smallest absolute Gasteiger partial charge is 0.312 e. The summed E-state index contributed by atoms with van der Waals surface area (Å²) in [6.07, 6.45) is -0.0255. The summed E-state index contributed by atoms with van der Waals surface area (Å²) >= 11 is 0. The number of carbonyl (C=O) groups is 1. The third-order valence-electron chi connectivity index (χ3n) is 1.97. The predicted octanol–water partition coefficient (Wildman–Crippen LogP) is -0.606. The molecular formula is C7H13NO3. The summed E-state index contributed by atoms with van der Waals surface area (Å²) in [6.45, 7) is 1.39. The van der Waals surface area contributed by atoms with Crippen molar-refractivity contribution in [2.24, 2.45) is 5.92 Å². The Morgan fingerprint density at radius 1 is 1.45 bits per heavy atom. The van der Waals surface area contributed by atoms with Crippen molar-refractivity contribution in [2.75, 3.05) is 27.3 Å². The van der Waals surface area contributed by atoms with E-state index in [2.05, 4.69) is 10.1 Å². The van der Waals surface area contributed by atoms with Crippen LogP contribution in [0.15, 0.2) is 0 Å². The minimum absolute atomic E-state index is 0.0255. The van der Waals surface area contributed by atoms with Crippen molar-refractivity contribution < 1.29 is 14.3 Å². The lowest BCUT2D eigenvalue weighted by Gasteiger charge is -2.13. The largest absolute Gasteiger partial charge is 0.469 e. The maximum atomic E-state index is 11.0. The average Bonchev–Trinajstić information content (AvgIpc) is 2.50. The zero-order chi connectivity index (χ0) is 8.27. The van der Waals surface area contributed by atoms with Crippen LogP contribution >= 0.6 is 0 Å². The van der Waals surface area contributed by atoms with Crippen molar-refractivity contribution in [1.29, 1.82) is 0 Å². The maximum Gasteiger partial charge on any atom is 0.312 e. The first-order valence-electron chi connectivity index (χ1n) is 3.61. The van der Waals surface area contributed by atoms with E-state index < -0.39 is 0 Å². The molecule has 0 amide bonds. The molecule has 1 heterocycles. The number of nitrogens with one attached hydrogen (secondary N) is 1. The van der Waals surface area contributed by atoms with E-state index in [4.69, 9.17) is 4.74 Å². The highest BCUT2D eigenvalue weighted by Gasteiger charge is 2.33. The second-order valence-corrected chi connectivity index (χ2v) is 2.56. The number of hydrogen-bond acceptors (Lipinski definition) is 4. The number of esters is 1. The van der Waals surface area contributed by atoms with Crippen molar-refractivity contribution >= 4 is 5.97 Å². The second-order valence-electron chi connectivity index (χ2n) is 2.56. The van der Waals surface area contributed by atoms with E-state index in [0.29, 0.717) is 6.54 Å². The molecule has 4 heteroatoms. The number of methoxy groups -OCH3 is 2. The Morgan fingerprint density at radius 3 is 2.73 bits per heavy atom. The van der Waals surface area contributed by atoms with Gasteiger partial charge in [0.05, 0.1) is 19.1 Å². The number of hydrogen-bond donors (Lipinski definition) is 1. The molecule has 0 bridgehead atoms. The van der Waals surface area contributed by atoms with Crippen LogP contribution in [0.1, 0.15) is 0 Å². The molecular weight excluding hydrogens is 146 g/mol. The van der Waals surface area contributed by atoms with E-state index in [1.165, 1.54) is 7.11 Å². The lowest BCUT2D eigenvalue weighted by atomic mass is 10.1. The van der Waals surface area contributed by atoms with Gasteiger partial charge in [-0.25, -0.2) is 0 Å². The molecule has 1 saturated heterocycles. The fourth-order valence-corrected chi connectivity index (χ4v) is 1.29. The normalized spacial score (nSPS) is 30.4. The predicted molar refractivity (Wildman–Crippen MR) is 39.2 cm³/mol. The quantitative estimate of drug-likeness (QED) is 0.546. The molecule has 1 N–H and O–H groups in total. The Balaban J connectivity index is 2.49. The summed E-state index contributed by atoms with van der Waals surface area (Å²) in [5, 5.41) is 3.06. The minimum Gasteiger partial charge on any atom is -0.469 e. The Kier molecular flexibility index (Phi) is 2.84. The summed E-state index contributed by atoms with van der Waals surface area (Å²) in [4.78, 5) is 11.0. The number of ether oxygens (including phenoxy) is 2. The van der Waals surface area contributed by atoms with Gasteiger partial charge in [-0.1, -0.05) is 0 Å². The van der Waals surface area contributed by atoms with Crippen molar-refractivity contribution in [3.05, 3.63) is 0 Å². The Bertz CT molecular complexity index is 149. The summed E-state index contributed by atoms with van der Waals surface area (Å²) in [5.41, 5.74) is 0. The van der Waals surface area contributed by atoms with Crippen molar-refractivity contribution in [3.63, 3.8) is 0 Å². The van der Waals surface area contributed by atoms with Gasteiger partial charge in [0.15, 0.2) is 0 Å². The molecule has 1 rings (SSSR count). The van der Waals surface area contributed by atoms with E-state index >= 15 is 0 Å². The molecule has 2 atom stereocenters. The van der Waals surface area contributed by atoms with E-state index in [1.807, 2.05) is 0 Å². The summed E-state index contributed by atoms with van der Waals surface area (Å²) in [6, 6.07) is 0. The minimum atomic E-state index is -0.193. The van der Waals surface area contributed by atoms with Crippen LogP contribution in [-0.2, 0) is 14.3 Å². The van der Waals surface area contributed by atoms with E-state index in [0.717, 1.165) is 6.54 Å². The summed E-state index contributed by atoms with van der Waals surface area (Å²) < 4.78 is 9.69. The van der Waals surface area contributed by atoms with Crippen LogP contribution in [0.4, 0.5) is 0 Å². The van der Waals surface area contributed by atoms with Gasteiger partial charge in [0.1, 0.15) is 0 Å². The molecule has 0 aromatic heterocycles. The molecule has 0 aromatic rings. The van der Waals surface area contributed by atoms with Gasteiger partial charge >= 0.3 is 5.97 Å². The highest BCUT2D eigenvalue weighted by molar-refractivity contribution is 5.73. The third kappa shape index (κ3) is 1.70. The molecule has 1 aliphatic rings. The van der Waals surface area contributed by atoms with Crippen LogP contribution in [-0.4, -0.2) is 39.4 Å². The van der Waals surface area contributed by atoms with Gasteiger partial charge in [0, 0.05) is 20.2 Å². The molecule has 0 saturated carbocycles. The molecule has 64 valence electrons. The Labute approximate surface area is 65.9 Å². The fourth-order valence-electron chi connectivity index (χ4n) is 1.29. The molecule has 1 fully saturated rings. The van der Waals surface area contributed by atoms with Crippen LogP contribution in [0, 0.1) is 5.92 Å². The third-order valence-corrected chi connectivity index (χ3v) is 1.97. The maximum absolute atomic E-state index is 11.0. The molecule has 0 radical (unpaired) electrons. The SMILES string of the molecule is COC(=O)C1CNCC1OC. The van der Waals surface area contributed by atoms with Gasteiger partial charge in [-0.3, -0.25) is 4.79 Å². The van der Waals surface area contributed by atoms with Crippen LogP contribution in [0.5, 0.6) is 0 Å². The first-order valence-corrected chi connectivity index (χ1v) is 3.61. The van der Waals surface area contributed by atoms with Crippen LogP contribution in [0.25, 0.3) is 0 Å². The first kappa shape index (κ1) is 8.49. The number of carbonyl (C=O) groups excluding carboxylic acids is 1.